The topological polar surface area (TPSA) is 29.1 Å². The van der Waals surface area contributed by atoms with Crippen LogP contribution >= 0.6 is 0 Å². The molecule has 1 aromatic carbocycles. The van der Waals surface area contributed by atoms with Crippen molar-refractivity contribution in [3.8, 4) is 12.3 Å². The number of aryl methyl sites for hydroxylation is 2. The molecular formula is C14H17NO. The zero-order valence-corrected chi connectivity index (χ0v) is 9.84. The third-order valence-electron chi connectivity index (χ3n) is 2.55. The second kappa shape index (κ2) is 5.97. The average molecular weight is 215 g/mol. The number of terminal acetylenes is 1. The maximum atomic E-state index is 11.7. The lowest BCUT2D eigenvalue weighted by Crippen LogP contribution is -2.24. The molecule has 0 aromatic heterocycles. The van der Waals surface area contributed by atoms with Gasteiger partial charge in [0.2, 0.25) is 0 Å². The molecule has 0 fully saturated rings. The number of hydrogen-bond donors (Lipinski definition) is 1. The highest BCUT2D eigenvalue weighted by atomic mass is 16.1. The van der Waals surface area contributed by atoms with E-state index in [0.717, 1.165) is 12.0 Å². The molecular weight excluding hydrogens is 198 g/mol. The van der Waals surface area contributed by atoms with E-state index in [4.69, 9.17) is 6.42 Å². The van der Waals surface area contributed by atoms with Crippen molar-refractivity contribution in [2.45, 2.75) is 26.7 Å². The quantitative estimate of drug-likeness (QED) is 0.606. The van der Waals surface area contributed by atoms with Gasteiger partial charge in [0.05, 0.1) is 0 Å². The summed E-state index contributed by atoms with van der Waals surface area (Å²) in [6.45, 7) is 4.67. The molecule has 0 aliphatic rings. The van der Waals surface area contributed by atoms with E-state index in [0.29, 0.717) is 18.5 Å². The van der Waals surface area contributed by atoms with E-state index in [-0.39, 0.29) is 5.91 Å². The molecule has 16 heavy (non-hydrogen) atoms. The fourth-order valence-electron chi connectivity index (χ4n) is 1.38. The summed E-state index contributed by atoms with van der Waals surface area (Å²) in [5.74, 6) is 2.52. The first-order chi connectivity index (χ1) is 7.65. The monoisotopic (exact) mass is 215 g/mol. The van der Waals surface area contributed by atoms with E-state index >= 15 is 0 Å². The van der Waals surface area contributed by atoms with Crippen LogP contribution < -0.4 is 5.32 Å². The van der Waals surface area contributed by atoms with Gasteiger partial charge in [-0.25, -0.2) is 0 Å². The van der Waals surface area contributed by atoms with Crippen LogP contribution in [0.4, 0.5) is 0 Å². The van der Waals surface area contributed by atoms with E-state index in [1.54, 1.807) is 0 Å². The van der Waals surface area contributed by atoms with Gasteiger partial charge in [-0.15, -0.1) is 12.3 Å². The Labute approximate surface area is 97.1 Å². The summed E-state index contributed by atoms with van der Waals surface area (Å²) >= 11 is 0. The van der Waals surface area contributed by atoms with Crippen LogP contribution in [-0.2, 0) is 0 Å². The number of carbonyl (C=O) groups excluding carboxylic acids is 1. The maximum absolute atomic E-state index is 11.7. The maximum Gasteiger partial charge on any atom is 0.251 e. The first-order valence-electron chi connectivity index (χ1n) is 5.44. The zero-order chi connectivity index (χ0) is 12.0. The van der Waals surface area contributed by atoms with Gasteiger partial charge in [-0.3, -0.25) is 4.79 Å². The lowest BCUT2D eigenvalue weighted by Gasteiger charge is -2.06. The van der Waals surface area contributed by atoms with Gasteiger partial charge < -0.3 is 5.32 Å². The van der Waals surface area contributed by atoms with E-state index in [1.807, 2.05) is 32.0 Å². The van der Waals surface area contributed by atoms with Crippen molar-refractivity contribution in [3.05, 3.63) is 34.9 Å². The Kier molecular flexibility index (Phi) is 4.60. The summed E-state index contributed by atoms with van der Waals surface area (Å²) in [5.41, 5.74) is 3.05. The molecule has 84 valence electrons. The normalized spacial score (nSPS) is 9.56. The molecule has 0 atom stereocenters. The van der Waals surface area contributed by atoms with Crippen molar-refractivity contribution in [1.29, 1.82) is 0 Å². The van der Waals surface area contributed by atoms with Crippen molar-refractivity contribution in [1.82, 2.24) is 5.32 Å². The zero-order valence-electron chi connectivity index (χ0n) is 9.84. The molecule has 0 saturated heterocycles. The van der Waals surface area contributed by atoms with Crippen molar-refractivity contribution >= 4 is 5.91 Å². The van der Waals surface area contributed by atoms with Gasteiger partial charge in [-0.2, -0.15) is 0 Å². The van der Waals surface area contributed by atoms with E-state index in [2.05, 4.69) is 11.2 Å². The molecule has 0 unspecified atom stereocenters. The Morgan fingerprint density at radius 1 is 1.38 bits per heavy atom. The van der Waals surface area contributed by atoms with Crippen molar-refractivity contribution in [2.75, 3.05) is 6.54 Å². The third-order valence-corrected chi connectivity index (χ3v) is 2.55. The van der Waals surface area contributed by atoms with Gasteiger partial charge in [0.15, 0.2) is 0 Å². The van der Waals surface area contributed by atoms with Crippen molar-refractivity contribution < 1.29 is 4.79 Å². The summed E-state index contributed by atoms with van der Waals surface area (Å²) in [4.78, 5) is 11.7. The number of hydrogen-bond acceptors (Lipinski definition) is 1. The van der Waals surface area contributed by atoms with Gasteiger partial charge in [0.25, 0.3) is 5.91 Å². The van der Waals surface area contributed by atoms with E-state index in [9.17, 15) is 4.79 Å². The minimum atomic E-state index is -0.0277. The molecule has 0 radical (unpaired) electrons. The lowest BCUT2D eigenvalue weighted by atomic mass is 10.1. The second-order valence-electron chi connectivity index (χ2n) is 3.86. The molecule has 0 heterocycles. The summed E-state index contributed by atoms with van der Waals surface area (Å²) in [6, 6.07) is 5.72. The van der Waals surface area contributed by atoms with Crippen LogP contribution in [0.1, 0.15) is 34.3 Å². The molecule has 0 aliphatic heterocycles. The highest BCUT2D eigenvalue weighted by Crippen LogP contribution is 2.09. The number of nitrogens with one attached hydrogen (secondary N) is 1. The van der Waals surface area contributed by atoms with Crippen molar-refractivity contribution in [3.63, 3.8) is 0 Å². The standard InChI is InChI=1S/C14H17NO/c1-4-5-6-9-15-14(16)13-8-7-11(2)12(3)10-13/h1,7-8,10H,5-6,9H2,2-3H3,(H,15,16). The fourth-order valence-corrected chi connectivity index (χ4v) is 1.38. The molecule has 1 rings (SSSR count). The minimum absolute atomic E-state index is 0.0277. The Bertz CT molecular complexity index is 415. The van der Waals surface area contributed by atoms with Crippen LogP contribution in [0.15, 0.2) is 18.2 Å². The van der Waals surface area contributed by atoms with Crippen LogP contribution in [0.5, 0.6) is 0 Å². The van der Waals surface area contributed by atoms with E-state index in [1.165, 1.54) is 5.56 Å². The molecule has 0 aliphatic carbocycles. The van der Waals surface area contributed by atoms with Crippen LogP contribution in [0, 0.1) is 26.2 Å². The van der Waals surface area contributed by atoms with Crippen LogP contribution in [0.3, 0.4) is 0 Å². The number of unbranched alkanes of at least 4 members (excludes halogenated alkanes) is 1. The molecule has 0 spiro atoms. The smallest absolute Gasteiger partial charge is 0.251 e. The highest BCUT2D eigenvalue weighted by molar-refractivity contribution is 5.94. The Balaban J connectivity index is 2.53. The van der Waals surface area contributed by atoms with Gasteiger partial charge in [-0.05, 0) is 43.5 Å². The van der Waals surface area contributed by atoms with Crippen LogP contribution in [0.25, 0.3) is 0 Å². The van der Waals surface area contributed by atoms with Gasteiger partial charge >= 0.3 is 0 Å². The molecule has 0 bridgehead atoms. The van der Waals surface area contributed by atoms with Crippen LogP contribution in [0.2, 0.25) is 0 Å². The predicted octanol–water partition coefficient (Wildman–Crippen LogP) is 2.45. The Hall–Kier alpha value is -1.75. The summed E-state index contributed by atoms with van der Waals surface area (Å²) in [7, 11) is 0. The van der Waals surface area contributed by atoms with Gasteiger partial charge in [0.1, 0.15) is 0 Å². The van der Waals surface area contributed by atoms with Gasteiger partial charge in [0, 0.05) is 18.5 Å². The number of carbonyl (C=O) groups is 1. The van der Waals surface area contributed by atoms with Crippen molar-refractivity contribution in [2.24, 2.45) is 0 Å². The first-order valence-corrected chi connectivity index (χ1v) is 5.44. The first kappa shape index (κ1) is 12.3. The Morgan fingerprint density at radius 3 is 2.75 bits per heavy atom. The second-order valence-corrected chi connectivity index (χ2v) is 3.86. The number of benzene rings is 1. The van der Waals surface area contributed by atoms with Gasteiger partial charge in [-0.1, -0.05) is 6.07 Å². The molecule has 2 nitrogen and oxygen atoms in total. The summed E-state index contributed by atoms with van der Waals surface area (Å²) in [5, 5.41) is 2.85. The predicted molar refractivity (Wildman–Crippen MR) is 66.3 cm³/mol. The average Bonchev–Trinajstić information content (AvgIpc) is 2.28. The lowest BCUT2D eigenvalue weighted by molar-refractivity contribution is 0.0953. The third kappa shape index (κ3) is 3.43. The molecule has 1 amide bonds. The highest BCUT2D eigenvalue weighted by Gasteiger charge is 2.05. The molecule has 0 saturated carbocycles. The number of amides is 1. The fraction of sp³-hybridized carbons (Fsp3) is 0.357. The Morgan fingerprint density at radius 2 is 2.12 bits per heavy atom. The largest absolute Gasteiger partial charge is 0.352 e. The molecule has 1 N–H and O–H groups in total. The molecule has 1 aromatic rings. The van der Waals surface area contributed by atoms with E-state index < -0.39 is 0 Å². The SMILES string of the molecule is C#CCCCNC(=O)c1ccc(C)c(C)c1. The summed E-state index contributed by atoms with van der Waals surface area (Å²) < 4.78 is 0. The number of rotatable bonds is 4. The van der Waals surface area contributed by atoms with Crippen LogP contribution in [-0.4, -0.2) is 12.5 Å². The summed E-state index contributed by atoms with van der Waals surface area (Å²) in [6.07, 6.45) is 6.66. The minimum Gasteiger partial charge on any atom is -0.352 e. The molecule has 2 heteroatoms.